The highest BCUT2D eigenvalue weighted by Gasteiger charge is 2.16. The zero-order valence-electron chi connectivity index (χ0n) is 15.8. The van der Waals surface area contributed by atoms with E-state index in [4.69, 9.17) is 15.3 Å². The van der Waals surface area contributed by atoms with Crippen LogP contribution in [0.3, 0.4) is 0 Å². The van der Waals surface area contributed by atoms with Crippen molar-refractivity contribution in [2.24, 2.45) is 0 Å². The first kappa shape index (κ1) is 19.6. The summed E-state index contributed by atoms with van der Waals surface area (Å²) in [6.07, 6.45) is 0. The van der Waals surface area contributed by atoms with Crippen LogP contribution in [-0.2, 0) is 4.79 Å². The molecule has 8 nitrogen and oxygen atoms in total. The van der Waals surface area contributed by atoms with Crippen LogP contribution in [0, 0.1) is 6.92 Å². The summed E-state index contributed by atoms with van der Waals surface area (Å²) in [6.45, 7) is 1.98. The molecular weight excluding hydrogens is 378 g/mol. The van der Waals surface area contributed by atoms with Gasteiger partial charge in [0.25, 0.3) is 0 Å². The third kappa shape index (κ3) is 4.20. The van der Waals surface area contributed by atoms with Crippen LogP contribution in [0.4, 0.5) is 5.69 Å². The van der Waals surface area contributed by atoms with Crippen molar-refractivity contribution in [1.29, 1.82) is 0 Å². The molecule has 0 atom stereocenters. The van der Waals surface area contributed by atoms with E-state index in [1.807, 2.05) is 31.2 Å². The molecule has 2 aromatic carbocycles. The topological polar surface area (TPSA) is 104 Å². The number of methoxy groups -OCH3 is 2. The van der Waals surface area contributed by atoms with Gasteiger partial charge < -0.3 is 20.6 Å². The molecule has 0 aliphatic rings. The second-order valence-electron chi connectivity index (χ2n) is 5.89. The lowest BCUT2D eigenvalue weighted by atomic mass is 10.1. The summed E-state index contributed by atoms with van der Waals surface area (Å²) >= 11 is 1.20. The molecule has 0 unspecified atom stereocenters. The molecule has 0 aliphatic carbocycles. The minimum Gasteiger partial charge on any atom is -0.497 e. The number of nitrogens with zero attached hydrogens (tertiary/aromatic N) is 3. The Kier molecular flexibility index (Phi) is 6.05. The molecule has 0 saturated carbocycles. The fourth-order valence-electron chi connectivity index (χ4n) is 2.60. The third-order valence-electron chi connectivity index (χ3n) is 4.07. The van der Waals surface area contributed by atoms with E-state index in [2.05, 4.69) is 15.5 Å². The van der Waals surface area contributed by atoms with Crippen LogP contribution in [0.15, 0.2) is 47.6 Å². The van der Waals surface area contributed by atoms with E-state index in [-0.39, 0.29) is 11.7 Å². The Morgan fingerprint density at radius 3 is 2.68 bits per heavy atom. The minimum absolute atomic E-state index is 0.123. The number of nitrogen functional groups attached to an aromatic ring is 1. The van der Waals surface area contributed by atoms with Gasteiger partial charge in [0.1, 0.15) is 11.5 Å². The van der Waals surface area contributed by atoms with Crippen molar-refractivity contribution in [1.82, 2.24) is 14.9 Å². The Morgan fingerprint density at radius 1 is 1.18 bits per heavy atom. The Morgan fingerprint density at radius 2 is 1.96 bits per heavy atom. The number of ether oxygens (including phenoxy) is 2. The van der Waals surface area contributed by atoms with Gasteiger partial charge in [-0.1, -0.05) is 36.0 Å². The van der Waals surface area contributed by atoms with Crippen LogP contribution in [0.5, 0.6) is 11.5 Å². The molecule has 1 heterocycles. The predicted octanol–water partition coefficient (Wildman–Crippen LogP) is 2.72. The number of nitrogens with one attached hydrogen (secondary N) is 1. The van der Waals surface area contributed by atoms with Gasteiger partial charge in [-0.2, -0.15) is 0 Å². The molecular formula is C19H21N5O3S. The van der Waals surface area contributed by atoms with Crippen molar-refractivity contribution in [3.8, 4) is 22.9 Å². The van der Waals surface area contributed by atoms with Crippen molar-refractivity contribution < 1.29 is 14.3 Å². The van der Waals surface area contributed by atoms with E-state index >= 15 is 0 Å². The lowest BCUT2D eigenvalue weighted by molar-refractivity contribution is -0.113. The van der Waals surface area contributed by atoms with E-state index in [0.717, 1.165) is 11.1 Å². The number of amides is 1. The van der Waals surface area contributed by atoms with E-state index in [1.54, 1.807) is 25.3 Å². The standard InChI is InChI=1S/C19H21N5O3S/c1-12-6-4-5-7-14(12)18-22-23-19(24(18)20)28-11-17(25)21-15-9-8-13(26-2)10-16(15)27-3/h4-10H,11,20H2,1-3H3,(H,21,25). The lowest BCUT2D eigenvalue weighted by Crippen LogP contribution is -2.17. The summed E-state index contributed by atoms with van der Waals surface area (Å²) in [5.74, 6) is 7.75. The van der Waals surface area contributed by atoms with Crippen molar-refractivity contribution in [3.05, 3.63) is 48.0 Å². The average molecular weight is 399 g/mol. The number of carbonyl (C=O) groups excluding carboxylic acids is 1. The first-order valence-electron chi connectivity index (χ1n) is 8.44. The van der Waals surface area contributed by atoms with Crippen LogP contribution in [0.2, 0.25) is 0 Å². The number of nitrogens with two attached hydrogens (primary N) is 1. The molecule has 9 heteroatoms. The number of hydrogen-bond donors (Lipinski definition) is 2. The summed E-state index contributed by atoms with van der Waals surface area (Å²) in [5, 5.41) is 11.5. The van der Waals surface area contributed by atoms with Crippen molar-refractivity contribution >= 4 is 23.4 Å². The molecule has 0 spiro atoms. The summed E-state index contributed by atoms with van der Waals surface area (Å²) in [4.78, 5) is 12.3. The van der Waals surface area contributed by atoms with Gasteiger partial charge in [-0.15, -0.1) is 10.2 Å². The maximum Gasteiger partial charge on any atom is 0.234 e. The zero-order valence-corrected chi connectivity index (χ0v) is 16.6. The normalized spacial score (nSPS) is 10.5. The molecule has 3 aromatic rings. The number of aryl methyl sites for hydroxylation is 1. The number of hydrogen-bond acceptors (Lipinski definition) is 7. The van der Waals surface area contributed by atoms with Gasteiger partial charge in [0.05, 0.1) is 25.7 Å². The summed E-state index contributed by atoms with van der Waals surface area (Å²) in [7, 11) is 3.10. The smallest absolute Gasteiger partial charge is 0.234 e. The fraction of sp³-hybridized carbons (Fsp3) is 0.211. The van der Waals surface area contributed by atoms with Crippen LogP contribution < -0.4 is 20.6 Å². The van der Waals surface area contributed by atoms with Crippen LogP contribution in [-0.4, -0.2) is 40.8 Å². The Balaban J connectivity index is 1.67. The van der Waals surface area contributed by atoms with Gasteiger partial charge >= 0.3 is 0 Å². The molecule has 3 N–H and O–H groups in total. The Bertz CT molecular complexity index is 989. The van der Waals surface area contributed by atoms with Gasteiger partial charge in [-0.25, -0.2) is 4.68 Å². The van der Waals surface area contributed by atoms with Crippen molar-refractivity contribution in [2.45, 2.75) is 12.1 Å². The maximum atomic E-state index is 12.3. The molecule has 1 aromatic heterocycles. The fourth-order valence-corrected chi connectivity index (χ4v) is 3.26. The SMILES string of the molecule is COc1ccc(NC(=O)CSc2nnc(-c3ccccc3C)n2N)c(OC)c1. The average Bonchev–Trinajstić information content (AvgIpc) is 3.07. The molecule has 3 rings (SSSR count). The number of benzene rings is 2. The zero-order chi connectivity index (χ0) is 20.1. The van der Waals surface area contributed by atoms with E-state index in [9.17, 15) is 4.79 Å². The first-order valence-corrected chi connectivity index (χ1v) is 9.43. The van der Waals surface area contributed by atoms with E-state index in [1.165, 1.54) is 23.5 Å². The highest BCUT2D eigenvalue weighted by Crippen LogP contribution is 2.29. The van der Waals surface area contributed by atoms with E-state index < -0.39 is 0 Å². The molecule has 0 saturated heterocycles. The monoisotopic (exact) mass is 399 g/mol. The highest BCUT2D eigenvalue weighted by atomic mass is 32.2. The van der Waals surface area contributed by atoms with Gasteiger partial charge in [0.15, 0.2) is 5.82 Å². The minimum atomic E-state index is -0.214. The van der Waals surface area contributed by atoms with Crippen LogP contribution in [0.25, 0.3) is 11.4 Å². The molecule has 0 radical (unpaired) electrons. The van der Waals surface area contributed by atoms with Gasteiger partial charge in [-0.3, -0.25) is 4.79 Å². The number of aromatic nitrogens is 3. The predicted molar refractivity (Wildman–Crippen MR) is 109 cm³/mol. The molecule has 28 heavy (non-hydrogen) atoms. The summed E-state index contributed by atoms with van der Waals surface area (Å²) in [5.41, 5.74) is 2.50. The summed E-state index contributed by atoms with van der Waals surface area (Å²) in [6, 6.07) is 12.9. The first-order chi connectivity index (χ1) is 13.5. The Labute approximate surface area is 167 Å². The number of anilines is 1. The lowest BCUT2D eigenvalue weighted by Gasteiger charge is -2.11. The molecule has 0 aliphatic heterocycles. The molecule has 0 fully saturated rings. The Hall–Kier alpha value is -3.20. The second-order valence-corrected chi connectivity index (χ2v) is 6.84. The van der Waals surface area contributed by atoms with Gasteiger partial charge in [0.2, 0.25) is 11.1 Å². The second kappa shape index (κ2) is 8.66. The number of rotatable bonds is 7. The quantitative estimate of drug-likeness (QED) is 0.465. The largest absolute Gasteiger partial charge is 0.497 e. The van der Waals surface area contributed by atoms with Crippen LogP contribution in [0.1, 0.15) is 5.56 Å². The molecule has 1 amide bonds. The van der Waals surface area contributed by atoms with Crippen molar-refractivity contribution in [3.63, 3.8) is 0 Å². The van der Waals surface area contributed by atoms with Gasteiger partial charge in [0, 0.05) is 11.6 Å². The highest BCUT2D eigenvalue weighted by molar-refractivity contribution is 7.99. The molecule has 146 valence electrons. The number of carbonyl (C=O) groups is 1. The molecule has 0 bridgehead atoms. The van der Waals surface area contributed by atoms with Crippen LogP contribution >= 0.6 is 11.8 Å². The van der Waals surface area contributed by atoms with Gasteiger partial charge in [-0.05, 0) is 24.6 Å². The van der Waals surface area contributed by atoms with E-state index in [0.29, 0.717) is 28.2 Å². The third-order valence-corrected chi connectivity index (χ3v) is 5.01. The van der Waals surface area contributed by atoms with Crippen molar-refractivity contribution in [2.75, 3.05) is 31.1 Å². The summed E-state index contributed by atoms with van der Waals surface area (Å²) < 4.78 is 11.8. The maximum absolute atomic E-state index is 12.3. The number of thioether (sulfide) groups is 1.